The smallest absolute Gasteiger partial charge is 0.433 e. The Balaban J connectivity index is 1.77. The molecule has 0 spiro atoms. The molecular weight excluding hydrogens is 536 g/mol. The number of fused-ring (bicyclic) bond motifs is 1. The van der Waals surface area contributed by atoms with Crippen LogP contribution in [0.3, 0.4) is 0 Å². The standard InChI is InChI=1S/C23H15BrF4N4O3/c1-11-19(20(22(34)35)31-32(11)10-12-2-5-14(25)6-3-12)30-21(33)16-9-18(23(26,27)28)29-17-7-4-13(24)8-15(16)17/h2-9H,10H2,1H3,(H,30,33)(H,34,35). The molecule has 0 fully saturated rings. The summed E-state index contributed by atoms with van der Waals surface area (Å²) in [6, 6.07) is 10.3. The summed E-state index contributed by atoms with van der Waals surface area (Å²) >= 11 is 3.23. The van der Waals surface area contributed by atoms with Gasteiger partial charge >= 0.3 is 12.1 Å². The highest BCUT2D eigenvalue weighted by molar-refractivity contribution is 9.10. The topological polar surface area (TPSA) is 97.1 Å². The lowest BCUT2D eigenvalue weighted by atomic mass is 10.1. The molecule has 0 saturated carbocycles. The van der Waals surface area contributed by atoms with Crippen molar-refractivity contribution in [2.24, 2.45) is 0 Å². The number of alkyl halides is 3. The van der Waals surface area contributed by atoms with Crippen molar-refractivity contribution in [1.29, 1.82) is 0 Å². The molecule has 0 radical (unpaired) electrons. The largest absolute Gasteiger partial charge is 0.476 e. The number of hydrogen-bond acceptors (Lipinski definition) is 4. The van der Waals surface area contributed by atoms with Crippen molar-refractivity contribution in [3.8, 4) is 0 Å². The van der Waals surface area contributed by atoms with Crippen LogP contribution in [0.15, 0.2) is 53.0 Å². The van der Waals surface area contributed by atoms with Crippen LogP contribution in [0.25, 0.3) is 10.9 Å². The molecule has 0 saturated heterocycles. The van der Waals surface area contributed by atoms with Crippen LogP contribution in [0.2, 0.25) is 0 Å². The third-order valence-corrected chi connectivity index (χ3v) is 5.69. The molecule has 0 atom stereocenters. The number of benzene rings is 2. The lowest BCUT2D eigenvalue weighted by Gasteiger charge is -2.13. The number of halogens is 5. The number of amides is 1. The van der Waals surface area contributed by atoms with Crippen LogP contribution in [0, 0.1) is 12.7 Å². The lowest BCUT2D eigenvalue weighted by Crippen LogP contribution is -2.18. The first-order valence-electron chi connectivity index (χ1n) is 9.98. The summed E-state index contributed by atoms with van der Waals surface area (Å²) in [5.41, 5.74) is -1.46. The predicted molar refractivity (Wildman–Crippen MR) is 122 cm³/mol. The molecule has 2 aromatic carbocycles. The van der Waals surface area contributed by atoms with Crippen molar-refractivity contribution in [2.45, 2.75) is 19.6 Å². The van der Waals surface area contributed by atoms with Gasteiger partial charge < -0.3 is 10.4 Å². The van der Waals surface area contributed by atoms with E-state index in [9.17, 15) is 32.3 Å². The predicted octanol–water partition coefficient (Wildman–Crippen LogP) is 5.66. The van der Waals surface area contributed by atoms with Gasteiger partial charge in [-0.25, -0.2) is 14.2 Å². The van der Waals surface area contributed by atoms with Crippen LogP contribution in [0.4, 0.5) is 23.2 Å². The molecule has 2 N–H and O–H groups in total. The van der Waals surface area contributed by atoms with Gasteiger partial charge in [0.25, 0.3) is 5.91 Å². The number of nitrogens with one attached hydrogen (secondary N) is 1. The highest BCUT2D eigenvalue weighted by Crippen LogP contribution is 2.33. The molecule has 4 aromatic rings. The second-order valence-electron chi connectivity index (χ2n) is 7.57. The molecule has 35 heavy (non-hydrogen) atoms. The number of pyridine rings is 1. The van der Waals surface area contributed by atoms with Gasteiger partial charge in [-0.15, -0.1) is 0 Å². The number of anilines is 1. The van der Waals surface area contributed by atoms with E-state index in [1.807, 2.05) is 0 Å². The van der Waals surface area contributed by atoms with Gasteiger partial charge in [-0.3, -0.25) is 9.48 Å². The molecule has 0 unspecified atom stereocenters. The summed E-state index contributed by atoms with van der Waals surface area (Å²) in [7, 11) is 0. The first kappa shape index (κ1) is 24.3. The fourth-order valence-electron chi connectivity index (χ4n) is 3.47. The van der Waals surface area contributed by atoms with Crippen LogP contribution in [0.5, 0.6) is 0 Å². The Morgan fingerprint density at radius 1 is 1.11 bits per heavy atom. The normalized spacial score (nSPS) is 11.6. The maximum Gasteiger partial charge on any atom is 0.433 e. The minimum Gasteiger partial charge on any atom is -0.476 e. The molecule has 180 valence electrons. The van der Waals surface area contributed by atoms with Gasteiger partial charge in [-0.2, -0.15) is 18.3 Å². The number of aromatic nitrogens is 3. The Hall–Kier alpha value is -3.80. The third kappa shape index (κ3) is 5.02. The summed E-state index contributed by atoms with van der Waals surface area (Å²) in [5, 5.41) is 16.2. The van der Waals surface area contributed by atoms with Crippen molar-refractivity contribution < 1.29 is 32.3 Å². The number of carbonyl (C=O) groups excluding carboxylic acids is 1. The number of carbonyl (C=O) groups is 2. The summed E-state index contributed by atoms with van der Waals surface area (Å²) in [6.45, 7) is 1.58. The van der Waals surface area contributed by atoms with Crippen molar-refractivity contribution in [3.05, 3.63) is 87.0 Å². The second kappa shape index (κ2) is 9.10. The van der Waals surface area contributed by atoms with E-state index < -0.39 is 35.3 Å². The Kier molecular flexibility index (Phi) is 6.32. The fourth-order valence-corrected chi connectivity index (χ4v) is 3.84. The molecule has 12 heteroatoms. The number of nitrogens with zero attached hydrogens (tertiary/aromatic N) is 3. The monoisotopic (exact) mass is 550 g/mol. The fraction of sp³-hybridized carbons (Fsp3) is 0.130. The average Bonchev–Trinajstić information content (AvgIpc) is 3.09. The molecule has 2 heterocycles. The molecule has 0 aliphatic carbocycles. The number of aromatic carboxylic acids is 1. The molecule has 0 bridgehead atoms. The Morgan fingerprint density at radius 2 is 1.80 bits per heavy atom. The van der Waals surface area contributed by atoms with E-state index in [0.29, 0.717) is 16.1 Å². The molecular formula is C23H15BrF4N4O3. The minimum atomic E-state index is -4.81. The quantitative estimate of drug-likeness (QED) is 0.312. The van der Waals surface area contributed by atoms with Crippen molar-refractivity contribution in [3.63, 3.8) is 0 Å². The lowest BCUT2D eigenvalue weighted by molar-refractivity contribution is -0.141. The molecule has 2 aromatic heterocycles. The van der Waals surface area contributed by atoms with E-state index in [4.69, 9.17) is 0 Å². The van der Waals surface area contributed by atoms with Gasteiger partial charge in [-0.05, 0) is 48.9 Å². The van der Waals surface area contributed by atoms with Crippen molar-refractivity contribution in [1.82, 2.24) is 14.8 Å². The van der Waals surface area contributed by atoms with Crippen LogP contribution >= 0.6 is 15.9 Å². The first-order valence-corrected chi connectivity index (χ1v) is 10.8. The van der Waals surface area contributed by atoms with E-state index in [0.717, 1.165) is 0 Å². The number of hydrogen-bond donors (Lipinski definition) is 2. The van der Waals surface area contributed by atoms with E-state index in [2.05, 4.69) is 31.3 Å². The Bertz CT molecular complexity index is 1470. The summed E-state index contributed by atoms with van der Waals surface area (Å²) in [5.74, 6) is -2.85. The third-order valence-electron chi connectivity index (χ3n) is 5.20. The Labute approximate surface area is 203 Å². The SMILES string of the molecule is Cc1c(NC(=O)c2cc(C(F)(F)F)nc3ccc(Br)cc23)c(C(=O)O)nn1Cc1ccc(F)cc1. The maximum atomic E-state index is 13.4. The van der Waals surface area contributed by atoms with Gasteiger partial charge in [0.1, 0.15) is 11.5 Å². The summed E-state index contributed by atoms with van der Waals surface area (Å²) < 4.78 is 55.3. The molecule has 7 nitrogen and oxygen atoms in total. The Morgan fingerprint density at radius 3 is 2.43 bits per heavy atom. The highest BCUT2D eigenvalue weighted by Gasteiger charge is 2.34. The van der Waals surface area contributed by atoms with Crippen LogP contribution < -0.4 is 5.32 Å². The zero-order chi connectivity index (χ0) is 25.5. The van der Waals surface area contributed by atoms with E-state index >= 15 is 0 Å². The maximum absolute atomic E-state index is 13.4. The minimum absolute atomic E-state index is 0.0599. The number of carboxylic acid groups (broad SMARTS) is 1. The first-order chi connectivity index (χ1) is 16.4. The highest BCUT2D eigenvalue weighted by atomic mass is 79.9. The summed E-state index contributed by atoms with van der Waals surface area (Å²) in [4.78, 5) is 28.6. The van der Waals surface area contributed by atoms with Crippen LogP contribution in [-0.4, -0.2) is 31.7 Å². The van der Waals surface area contributed by atoms with Crippen molar-refractivity contribution in [2.75, 3.05) is 5.32 Å². The van der Waals surface area contributed by atoms with Crippen LogP contribution in [-0.2, 0) is 12.7 Å². The van der Waals surface area contributed by atoms with Gasteiger partial charge in [-0.1, -0.05) is 28.1 Å². The summed E-state index contributed by atoms with van der Waals surface area (Å²) in [6.07, 6.45) is -4.81. The molecule has 0 aliphatic rings. The van der Waals surface area contributed by atoms with E-state index in [-0.39, 0.29) is 34.4 Å². The zero-order valence-electron chi connectivity index (χ0n) is 17.8. The van der Waals surface area contributed by atoms with Gasteiger partial charge in [0, 0.05) is 9.86 Å². The molecule has 1 amide bonds. The average molecular weight is 551 g/mol. The van der Waals surface area contributed by atoms with Crippen molar-refractivity contribution >= 4 is 44.4 Å². The number of carboxylic acids is 1. The van der Waals surface area contributed by atoms with E-state index in [1.165, 1.54) is 54.1 Å². The second-order valence-corrected chi connectivity index (χ2v) is 8.48. The number of rotatable bonds is 5. The van der Waals surface area contributed by atoms with Gasteiger partial charge in [0.2, 0.25) is 0 Å². The van der Waals surface area contributed by atoms with E-state index in [1.54, 1.807) is 0 Å². The van der Waals surface area contributed by atoms with Crippen LogP contribution in [0.1, 0.15) is 37.8 Å². The van der Waals surface area contributed by atoms with Gasteiger partial charge in [0.15, 0.2) is 5.69 Å². The molecule has 0 aliphatic heterocycles. The molecule has 4 rings (SSSR count). The zero-order valence-corrected chi connectivity index (χ0v) is 19.4. The van der Waals surface area contributed by atoms with Gasteiger partial charge in [0.05, 0.1) is 29.0 Å².